The van der Waals surface area contributed by atoms with Crippen LogP contribution < -0.4 is 0 Å². The Hall–Kier alpha value is -2.55. The van der Waals surface area contributed by atoms with E-state index in [9.17, 15) is 0 Å². The minimum absolute atomic E-state index is 0.816. The smallest absolute Gasteiger partial charge is 0.182 e. The topological polar surface area (TPSA) is 41.8 Å². The molecule has 18 heavy (non-hydrogen) atoms. The Balaban J connectivity index is 2.13. The molecule has 0 atom stereocenters. The molecule has 0 radical (unpaired) electrons. The molecule has 86 valence electrons. The van der Waals surface area contributed by atoms with Crippen molar-refractivity contribution in [2.24, 2.45) is 0 Å². The van der Waals surface area contributed by atoms with Gasteiger partial charge in [0.05, 0.1) is 5.52 Å². The first-order valence-electron chi connectivity index (χ1n) is 5.82. The molecule has 0 amide bonds. The van der Waals surface area contributed by atoms with Crippen LogP contribution in [-0.2, 0) is 0 Å². The van der Waals surface area contributed by atoms with Crippen LogP contribution in [0.25, 0.3) is 33.1 Å². The maximum absolute atomic E-state index is 5.35. The van der Waals surface area contributed by atoms with Crippen molar-refractivity contribution in [3.8, 4) is 11.1 Å². The zero-order chi connectivity index (χ0) is 11.9. The molecule has 1 N–H and O–H groups in total. The second-order valence-corrected chi connectivity index (χ2v) is 4.25. The van der Waals surface area contributed by atoms with Crippen LogP contribution in [0.2, 0.25) is 0 Å². The second kappa shape index (κ2) is 3.47. The van der Waals surface area contributed by atoms with Gasteiger partial charge >= 0.3 is 0 Å². The third kappa shape index (κ3) is 1.21. The Morgan fingerprint density at radius 2 is 1.83 bits per heavy atom. The molecule has 4 aromatic rings. The Morgan fingerprint density at radius 3 is 2.83 bits per heavy atom. The van der Waals surface area contributed by atoms with E-state index in [0.717, 1.165) is 27.7 Å². The van der Waals surface area contributed by atoms with Gasteiger partial charge in [0.15, 0.2) is 12.0 Å². The maximum Gasteiger partial charge on any atom is 0.182 e. The first-order valence-corrected chi connectivity index (χ1v) is 5.82. The lowest BCUT2D eigenvalue weighted by atomic mass is 10.0. The summed E-state index contributed by atoms with van der Waals surface area (Å²) in [7, 11) is 0. The molecule has 3 nitrogen and oxygen atoms in total. The minimum Gasteiger partial charge on any atom is -0.443 e. The molecule has 0 spiro atoms. The highest BCUT2D eigenvalue weighted by molar-refractivity contribution is 6.01. The van der Waals surface area contributed by atoms with Gasteiger partial charge in [-0.25, -0.2) is 4.98 Å². The number of para-hydroxylation sites is 2. The molecule has 2 heterocycles. The van der Waals surface area contributed by atoms with E-state index < -0.39 is 0 Å². The molecule has 0 aliphatic rings. The van der Waals surface area contributed by atoms with Gasteiger partial charge in [-0.15, -0.1) is 0 Å². The van der Waals surface area contributed by atoms with Crippen molar-refractivity contribution in [1.82, 2.24) is 9.97 Å². The number of nitrogens with zero attached hydrogens (tertiary/aromatic N) is 1. The number of hydrogen-bond acceptors (Lipinski definition) is 2. The van der Waals surface area contributed by atoms with Crippen LogP contribution in [0.3, 0.4) is 0 Å². The molecule has 0 saturated heterocycles. The van der Waals surface area contributed by atoms with Crippen LogP contribution in [0.5, 0.6) is 0 Å². The molecule has 0 fully saturated rings. The Kier molecular flexibility index (Phi) is 1.83. The summed E-state index contributed by atoms with van der Waals surface area (Å²) >= 11 is 0. The predicted octanol–water partition coefficient (Wildman–Crippen LogP) is 3.98. The van der Waals surface area contributed by atoms with E-state index in [-0.39, 0.29) is 0 Å². The summed E-state index contributed by atoms with van der Waals surface area (Å²) in [6.07, 6.45) is 3.44. The highest BCUT2D eigenvalue weighted by atomic mass is 16.3. The van der Waals surface area contributed by atoms with E-state index in [1.165, 1.54) is 11.8 Å². The molecule has 4 rings (SSSR count). The van der Waals surface area contributed by atoms with E-state index >= 15 is 0 Å². The van der Waals surface area contributed by atoms with Gasteiger partial charge < -0.3 is 9.40 Å². The molecule has 0 bridgehead atoms. The third-order valence-electron chi connectivity index (χ3n) is 3.24. The van der Waals surface area contributed by atoms with Crippen molar-refractivity contribution >= 4 is 22.0 Å². The molecule has 2 aromatic heterocycles. The average Bonchev–Trinajstić information content (AvgIpc) is 3.06. The standard InChI is InChI=1S/C15H10N2O/c1-3-10-7-8-16-14(10)11(4-1)12-5-2-6-13-15(12)17-9-18-13/h1-9,16H. The van der Waals surface area contributed by atoms with E-state index in [0.29, 0.717) is 0 Å². The van der Waals surface area contributed by atoms with Crippen molar-refractivity contribution < 1.29 is 4.42 Å². The summed E-state index contributed by atoms with van der Waals surface area (Å²) in [4.78, 5) is 7.59. The summed E-state index contributed by atoms with van der Waals surface area (Å²) in [5.74, 6) is 0. The van der Waals surface area contributed by atoms with Crippen molar-refractivity contribution in [2.75, 3.05) is 0 Å². The number of oxazole rings is 1. The van der Waals surface area contributed by atoms with Gasteiger partial charge in [0, 0.05) is 17.3 Å². The number of fused-ring (bicyclic) bond motifs is 2. The number of aromatic amines is 1. The normalized spacial score (nSPS) is 11.3. The van der Waals surface area contributed by atoms with E-state index in [1.807, 2.05) is 18.3 Å². The van der Waals surface area contributed by atoms with Crippen LogP contribution >= 0.6 is 0 Å². The number of benzene rings is 2. The summed E-state index contributed by atoms with van der Waals surface area (Å²) < 4.78 is 5.35. The van der Waals surface area contributed by atoms with Crippen LogP contribution in [0.4, 0.5) is 0 Å². The lowest BCUT2D eigenvalue weighted by molar-refractivity contribution is 0.602. The molecule has 0 saturated carbocycles. The fourth-order valence-electron chi connectivity index (χ4n) is 2.41. The zero-order valence-electron chi connectivity index (χ0n) is 9.55. The number of aromatic nitrogens is 2. The first-order chi connectivity index (χ1) is 8.93. The monoisotopic (exact) mass is 234 g/mol. The fraction of sp³-hybridized carbons (Fsp3) is 0. The predicted molar refractivity (Wildman–Crippen MR) is 71.3 cm³/mol. The van der Waals surface area contributed by atoms with Crippen molar-refractivity contribution in [2.45, 2.75) is 0 Å². The molecular weight excluding hydrogens is 224 g/mol. The van der Waals surface area contributed by atoms with Crippen LogP contribution in [0.15, 0.2) is 59.5 Å². The Labute approximate surface area is 103 Å². The second-order valence-electron chi connectivity index (χ2n) is 4.25. The fourth-order valence-corrected chi connectivity index (χ4v) is 2.41. The Bertz CT molecular complexity index is 770. The van der Waals surface area contributed by atoms with Gasteiger partial charge in [0.1, 0.15) is 5.52 Å². The van der Waals surface area contributed by atoms with Crippen molar-refractivity contribution in [3.63, 3.8) is 0 Å². The number of H-pyrrole nitrogens is 1. The highest BCUT2D eigenvalue weighted by Crippen LogP contribution is 2.32. The summed E-state index contributed by atoms with van der Waals surface area (Å²) in [5.41, 5.74) is 5.09. The van der Waals surface area contributed by atoms with E-state index in [1.54, 1.807) is 0 Å². The minimum atomic E-state index is 0.816. The zero-order valence-corrected chi connectivity index (χ0v) is 9.55. The van der Waals surface area contributed by atoms with Gasteiger partial charge in [-0.05, 0) is 17.5 Å². The van der Waals surface area contributed by atoms with Gasteiger partial charge in [0.25, 0.3) is 0 Å². The third-order valence-corrected chi connectivity index (χ3v) is 3.24. The average molecular weight is 234 g/mol. The van der Waals surface area contributed by atoms with Crippen LogP contribution in [0.1, 0.15) is 0 Å². The van der Waals surface area contributed by atoms with E-state index in [4.69, 9.17) is 4.42 Å². The SMILES string of the molecule is c1cc(-c2cccc3ocnc23)c2[nH]ccc2c1. The molecule has 0 aliphatic heterocycles. The molecule has 0 unspecified atom stereocenters. The summed E-state index contributed by atoms with van der Waals surface area (Å²) in [5, 5.41) is 1.20. The quantitative estimate of drug-likeness (QED) is 0.541. The molecule has 2 aromatic carbocycles. The van der Waals surface area contributed by atoms with Crippen molar-refractivity contribution in [1.29, 1.82) is 0 Å². The van der Waals surface area contributed by atoms with Crippen molar-refractivity contribution in [3.05, 3.63) is 55.1 Å². The van der Waals surface area contributed by atoms with Crippen LogP contribution in [-0.4, -0.2) is 9.97 Å². The van der Waals surface area contributed by atoms with Crippen LogP contribution in [0, 0.1) is 0 Å². The van der Waals surface area contributed by atoms with Gasteiger partial charge in [-0.3, -0.25) is 0 Å². The highest BCUT2D eigenvalue weighted by Gasteiger charge is 2.10. The van der Waals surface area contributed by atoms with E-state index in [2.05, 4.69) is 40.3 Å². The Morgan fingerprint density at radius 1 is 0.944 bits per heavy atom. The lowest BCUT2D eigenvalue weighted by Crippen LogP contribution is -1.82. The van der Waals surface area contributed by atoms with Gasteiger partial charge in [-0.1, -0.05) is 30.3 Å². The number of rotatable bonds is 1. The number of hydrogen-bond donors (Lipinski definition) is 1. The largest absolute Gasteiger partial charge is 0.443 e. The number of nitrogens with one attached hydrogen (secondary N) is 1. The molecular formula is C15H10N2O. The molecule has 3 heteroatoms. The maximum atomic E-state index is 5.35. The summed E-state index contributed by atoms with van der Waals surface area (Å²) in [6, 6.07) is 14.3. The lowest BCUT2D eigenvalue weighted by Gasteiger charge is -2.04. The van der Waals surface area contributed by atoms with Gasteiger partial charge in [-0.2, -0.15) is 0 Å². The van der Waals surface area contributed by atoms with Gasteiger partial charge in [0.2, 0.25) is 0 Å². The molecule has 0 aliphatic carbocycles. The summed E-state index contributed by atoms with van der Waals surface area (Å²) in [6.45, 7) is 0. The first kappa shape index (κ1) is 9.48.